The van der Waals surface area contributed by atoms with E-state index in [0.29, 0.717) is 0 Å². The Bertz CT molecular complexity index is 830. The van der Waals surface area contributed by atoms with Gasteiger partial charge in [0.2, 0.25) is 11.8 Å². The molecule has 0 bridgehead atoms. The minimum atomic E-state index is -0.226. The predicted molar refractivity (Wildman–Crippen MR) is 114 cm³/mol. The molecule has 7 heteroatoms. The molecule has 0 radical (unpaired) electrons. The van der Waals surface area contributed by atoms with Crippen LogP contribution in [0.3, 0.4) is 0 Å². The maximum Gasteiger partial charge on any atom is 0.243 e. The normalized spacial score (nSPS) is 14.4. The number of aromatic hydroxyl groups is 1. The van der Waals surface area contributed by atoms with Crippen molar-refractivity contribution in [3.8, 4) is 5.75 Å². The molecule has 0 spiro atoms. The number of phenolic OH excluding ortho intramolecular Hbond substituents is 1. The molecular formula is C22H28N4O3. The van der Waals surface area contributed by atoms with E-state index in [1.165, 1.54) is 0 Å². The molecule has 0 atom stereocenters. The molecule has 0 unspecified atom stereocenters. The summed E-state index contributed by atoms with van der Waals surface area (Å²) >= 11 is 0. The molecule has 3 rings (SSSR count). The largest absolute Gasteiger partial charge is 0.508 e. The van der Waals surface area contributed by atoms with Crippen molar-refractivity contribution >= 4 is 23.2 Å². The zero-order chi connectivity index (χ0) is 20.6. The number of nitrogens with one attached hydrogen (secondary N) is 2. The number of aryl methyl sites for hydroxylation is 1. The Morgan fingerprint density at radius 1 is 0.966 bits per heavy atom. The van der Waals surface area contributed by atoms with Gasteiger partial charge in [0.25, 0.3) is 0 Å². The van der Waals surface area contributed by atoms with Gasteiger partial charge in [0, 0.05) is 37.6 Å². The molecule has 7 nitrogen and oxygen atoms in total. The highest BCUT2D eigenvalue weighted by atomic mass is 16.3. The summed E-state index contributed by atoms with van der Waals surface area (Å²) in [7, 11) is 0. The van der Waals surface area contributed by atoms with E-state index in [2.05, 4.69) is 20.4 Å². The monoisotopic (exact) mass is 396 g/mol. The van der Waals surface area contributed by atoms with Crippen molar-refractivity contribution in [2.75, 3.05) is 49.5 Å². The first-order chi connectivity index (χ1) is 14.0. The molecule has 1 saturated heterocycles. The number of piperazine rings is 1. The summed E-state index contributed by atoms with van der Waals surface area (Å²) in [4.78, 5) is 28.7. The quantitative estimate of drug-likeness (QED) is 0.665. The van der Waals surface area contributed by atoms with E-state index in [-0.39, 0.29) is 30.7 Å². The number of amides is 2. The molecule has 1 fully saturated rings. The van der Waals surface area contributed by atoms with E-state index >= 15 is 0 Å². The standard InChI is InChI=1S/C22H28N4O3/c1-2-17-5-3-4-6-20(17)24-21(28)15-23-22(29)16-25-11-13-26(14-12-25)18-7-9-19(27)10-8-18/h3-10,27H,2,11-16H2,1H3,(H,23,29)(H,24,28). The van der Waals surface area contributed by atoms with Crippen molar-refractivity contribution in [3.05, 3.63) is 54.1 Å². The van der Waals surface area contributed by atoms with Crippen LogP contribution in [0.25, 0.3) is 0 Å². The average molecular weight is 396 g/mol. The molecule has 2 aromatic carbocycles. The number of hydrogen-bond donors (Lipinski definition) is 3. The van der Waals surface area contributed by atoms with E-state index in [1.54, 1.807) is 12.1 Å². The molecule has 154 valence electrons. The van der Waals surface area contributed by atoms with Crippen LogP contribution in [-0.4, -0.2) is 61.1 Å². The van der Waals surface area contributed by atoms with Gasteiger partial charge in [-0.1, -0.05) is 25.1 Å². The third-order valence-corrected chi connectivity index (χ3v) is 5.07. The van der Waals surface area contributed by atoms with Crippen LogP contribution in [-0.2, 0) is 16.0 Å². The number of benzene rings is 2. The van der Waals surface area contributed by atoms with Crippen molar-refractivity contribution in [3.63, 3.8) is 0 Å². The second-order valence-corrected chi connectivity index (χ2v) is 7.12. The van der Waals surface area contributed by atoms with Crippen molar-refractivity contribution in [1.29, 1.82) is 0 Å². The summed E-state index contributed by atoms with van der Waals surface area (Å²) in [5, 5.41) is 15.0. The van der Waals surface area contributed by atoms with Crippen LogP contribution in [0.1, 0.15) is 12.5 Å². The summed E-state index contributed by atoms with van der Waals surface area (Å²) in [5.74, 6) is -0.121. The summed E-state index contributed by atoms with van der Waals surface area (Å²) in [6.07, 6.45) is 0.832. The van der Waals surface area contributed by atoms with Gasteiger partial charge in [0.05, 0.1) is 13.1 Å². The van der Waals surface area contributed by atoms with Crippen LogP contribution < -0.4 is 15.5 Å². The molecule has 29 heavy (non-hydrogen) atoms. The highest BCUT2D eigenvalue weighted by Gasteiger charge is 2.19. The van der Waals surface area contributed by atoms with Gasteiger partial charge in [0.15, 0.2) is 0 Å². The highest BCUT2D eigenvalue weighted by molar-refractivity contribution is 5.95. The van der Waals surface area contributed by atoms with Gasteiger partial charge in [-0.15, -0.1) is 0 Å². The number of hydrogen-bond acceptors (Lipinski definition) is 5. The minimum Gasteiger partial charge on any atom is -0.508 e. The van der Waals surface area contributed by atoms with E-state index in [0.717, 1.165) is 49.5 Å². The lowest BCUT2D eigenvalue weighted by Crippen LogP contribution is -2.50. The number of rotatable bonds is 7. The van der Waals surface area contributed by atoms with E-state index in [4.69, 9.17) is 0 Å². The first kappa shape index (κ1) is 20.7. The van der Waals surface area contributed by atoms with Crippen LogP contribution in [0.5, 0.6) is 5.75 Å². The number of nitrogens with zero attached hydrogens (tertiary/aromatic N) is 2. The van der Waals surface area contributed by atoms with Crippen molar-refractivity contribution < 1.29 is 14.7 Å². The van der Waals surface area contributed by atoms with Gasteiger partial charge in [-0.3, -0.25) is 14.5 Å². The first-order valence-corrected chi connectivity index (χ1v) is 9.96. The van der Waals surface area contributed by atoms with E-state index in [9.17, 15) is 14.7 Å². The number of carbonyl (C=O) groups is 2. The van der Waals surface area contributed by atoms with Gasteiger partial charge in [-0.2, -0.15) is 0 Å². The number of carbonyl (C=O) groups excluding carboxylic acids is 2. The molecular weight excluding hydrogens is 368 g/mol. The summed E-state index contributed by atoms with van der Waals surface area (Å²) in [6.45, 7) is 5.44. The molecule has 0 aromatic heterocycles. The van der Waals surface area contributed by atoms with Crippen molar-refractivity contribution in [2.24, 2.45) is 0 Å². The highest BCUT2D eigenvalue weighted by Crippen LogP contribution is 2.19. The van der Waals surface area contributed by atoms with Gasteiger partial charge in [0.1, 0.15) is 5.75 Å². The summed E-state index contributed by atoms with van der Waals surface area (Å²) < 4.78 is 0. The van der Waals surface area contributed by atoms with Crippen LogP contribution >= 0.6 is 0 Å². The third-order valence-electron chi connectivity index (χ3n) is 5.07. The number of para-hydroxylation sites is 1. The van der Waals surface area contributed by atoms with Gasteiger partial charge in [-0.05, 0) is 42.3 Å². The lowest BCUT2D eigenvalue weighted by molar-refractivity contribution is -0.125. The molecule has 3 N–H and O–H groups in total. The predicted octanol–water partition coefficient (Wildman–Crippen LogP) is 1.83. The molecule has 2 amide bonds. The fraction of sp³-hybridized carbons (Fsp3) is 0.364. The molecule has 1 aliphatic rings. The second-order valence-electron chi connectivity index (χ2n) is 7.12. The molecule has 1 aliphatic heterocycles. The third kappa shape index (κ3) is 5.96. The maximum absolute atomic E-state index is 12.2. The Hall–Kier alpha value is -3.06. The molecule has 0 saturated carbocycles. The van der Waals surface area contributed by atoms with Crippen LogP contribution in [0.15, 0.2) is 48.5 Å². The van der Waals surface area contributed by atoms with Gasteiger partial charge < -0.3 is 20.6 Å². The zero-order valence-corrected chi connectivity index (χ0v) is 16.7. The fourth-order valence-corrected chi connectivity index (χ4v) is 3.41. The SMILES string of the molecule is CCc1ccccc1NC(=O)CNC(=O)CN1CCN(c2ccc(O)cc2)CC1. The summed E-state index contributed by atoms with van der Waals surface area (Å²) in [5.41, 5.74) is 2.93. The Morgan fingerprint density at radius 3 is 2.34 bits per heavy atom. The lowest BCUT2D eigenvalue weighted by Gasteiger charge is -2.35. The maximum atomic E-state index is 12.2. The average Bonchev–Trinajstić information content (AvgIpc) is 2.74. The number of anilines is 2. The Morgan fingerprint density at radius 2 is 1.66 bits per heavy atom. The summed E-state index contributed by atoms with van der Waals surface area (Å²) in [6, 6.07) is 14.8. The smallest absolute Gasteiger partial charge is 0.243 e. The van der Waals surface area contributed by atoms with Crippen molar-refractivity contribution in [1.82, 2.24) is 10.2 Å². The van der Waals surface area contributed by atoms with Crippen molar-refractivity contribution in [2.45, 2.75) is 13.3 Å². The molecule has 1 heterocycles. The molecule has 2 aromatic rings. The fourth-order valence-electron chi connectivity index (χ4n) is 3.41. The minimum absolute atomic E-state index is 0.0373. The second kappa shape index (κ2) is 9.93. The Kier molecular flexibility index (Phi) is 7.08. The zero-order valence-electron chi connectivity index (χ0n) is 16.7. The van der Waals surface area contributed by atoms with Crippen LogP contribution in [0.2, 0.25) is 0 Å². The Balaban J connectivity index is 1.39. The molecule has 0 aliphatic carbocycles. The van der Waals surface area contributed by atoms with Crippen LogP contribution in [0, 0.1) is 0 Å². The lowest BCUT2D eigenvalue weighted by atomic mass is 10.1. The van der Waals surface area contributed by atoms with Crippen LogP contribution in [0.4, 0.5) is 11.4 Å². The van der Waals surface area contributed by atoms with Gasteiger partial charge >= 0.3 is 0 Å². The first-order valence-electron chi connectivity index (χ1n) is 9.96. The van der Waals surface area contributed by atoms with E-state index < -0.39 is 0 Å². The topological polar surface area (TPSA) is 84.9 Å². The van der Waals surface area contributed by atoms with Gasteiger partial charge in [-0.25, -0.2) is 0 Å². The number of phenols is 1. The Labute approximate surface area is 171 Å². The van der Waals surface area contributed by atoms with E-state index in [1.807, 2.05) is 43.3 Å².